The summed E-state index contributed by atoms with van der Waals surface area (Å²) in [4.78, 5) is 10.1. The second kappa shape index (κ2) is 6.59. The molecule has 0 N–H and O–H groups in total. The van der Waals surface area contributed by atoms with E-state index in [4.69, 9.17) is 0 Å². The third-order valence-electron chi connectivity index (χ3n) is 1.21. The molecule has 1 nitrogen and oxygen atoms in total. The fraction of sp³-hybridized carbons (Fsp3) is 0.364. The molecule has 0 aliphatic carbocycles. The lowest BCUT2D eigenvalue weighted by Crippen LogP contribution is -1.77. The zero-order chi connectivity index (χ0) is 9.40. The zero-order valence-electron chi connectivity index (χ0n) is 8.00. The molecule has 0 heterocycles. The number of benzene rings is 1. The average molecular weight is 164 g/mol. The summed E-state index contributed by atoms with van der Waals surface area (Å²) in [6, 6.07) is 7.46. The maximum Gasteiger partial charge on any atom is 0.150 e. The van der Waals surface area contributed by atoms with Gasteiger partial charge in [0.2, 0.25) is 0 Å². The van der Waals surface area contributed by atoms with Crippen LogP contribution in [0.5, 0.6) is 0 Å². The Hall–Kier alpha value is -1.11. The van der Waals surface area contributed by atoms with Gasteiger partial charge >= 0.3 is 0 Å². The molecule has 0 bridgehead atoms. The highest BCUT2D eigenvalue weighted by Crippen LogP contribution is 1.98. The summed E-state index contributed by atoms with van der Waals surface area (Å²) in [5, 5.41) is 0. The maximum atomic E-state index is 10.1. The second-order valence-corrected chi connectivity index (χ2v) is 2.74. The lowest BCUT2D eigenvalue weighted by Gasteiger charge is -1.89. The van der Waals surface area contributed by atoms with E-state index >= 15 is 0 Å². The van der Waals surface area contributed by atoms with Crippen LogP contribution in [0, 0.1) is 6.92 Å². The van der Waals surface area contributed by atoms with E-state index < -0.39 is 0 Å². The fourth-order valence-electron chi connectivity index (χ4n) is 0.645. The number of carbonyl (C=O) groups is 1. The minimum Gasteiger partial charge on any atom is -0.298 e. The summed E-state index contributed by atoms with van der Waals surface area (Å²) < 4.78 is 0. The van der Waals surface area contributed by atoms with Crippen LogP contribution in [0.2, 0.25) is 0 Å². The largest absolute Gasteiger partial charge is 0.298 e. The van der Waals surface area contributed by atoms with Gasteiger partial charge in [0.15, 0.2) is 0 Å². The van der Waals surface area contributed by atoms with Gasteiger partial charge in [0, 0.05) is 5.56 Å². The van der Waals surface area contributed by atoms with Crippen LogP contribution >= 0.6 is 0 Å². The van der Waals surface area contributed by atoms with Crippen molar-refractivity contribution in [3.63, 3.8) is 0 Å². The molecule has 0 fully saturated rings. The van der Waals surface area contributed by atoms with Gasteiger partial charge in [-0.1, -0.05) is 50.1 Å². The molecule has 1 aromatic rings. The molecule has 0 atom stereocenters. The lowest BCUT2D eigenvalue weighted by molar-refractivity contribution is 0.112. The van der Waals surface area contributed by atoms with Crippen molar-refractivity contribution >= 4 is 6.29 Å². The Morgan fingerprint density at radius 3 is 1.92 bits per heavy atom. The molecule has 12 heavy (non-hydrogen) atoms. The van der Waals surface area contributed by atoms with Gasteiger partial charge in [-0.25, -0.2) is 0 Å². The van der Waals surface area contributed by atoms with E-state index in [-0.39, 0.29) is 0 Å². The predicted octanol–water partition coefficient (Wildman–Crippen LogP) is 3.22. The van der Waals surface area contributed by atoms with Crippen molar-refractivity contribution < 1.29 is 4.79 Å². The summed E-state index contributed by atoms with van der Waals surface area (Å²) in [6.45, 7) is 6.24. The van der Waals surface area contributed by atoms with Crippen LogP contribution in [0.15, 0.2) is 24.3 Å². The summed E-state index contributed by atoms with van der Waals surface area (Å²) in [5.41, 5.74) is 1.92. The Morgan fingerprint density at radius 2 is 1.58 bits per heavy atom. The Balaban J connectivity index is 0.000000354. The standard InChI is InChI=1S/C8H8O.C3H8/c1-7-2-4-8(6-9)5-3-7;1-3-2/h2-6H,1H3;3H2,1-2H3. The lowest BCUT2D eigenvalue weighted by atomic mass is 10.2. The molecule has 0 amide bonds. The van der Waals surface area contributed by atoms with E-state index in [1.54, 1.807) is 0 Å². The van der Waals surface area contributed by atoms with Crippen molar-refractivity contribution in [2.24, 2.45) is 0 Å². The molecule has 1 heteroatoms. The van der Waals surface area contributed by atoms with Crippen LogP contribution in [0.25, 0.3) is 0 Å². The van der Waals surface area contributed by atoms with Gasteiger partial charge in [-0.05, 0) is 6.92 Å². The Morgan fingerprint density at radius 1 is 1.17 bits per heavy atom. The molecule has 0 radical (unpaired) electrons. The van der Waals surface area contributed by atoms with Gasteiger partial charge in [0.1, 0.15) is 6.29 Å². The first-order valence-corrected chi connectivity index (χ1v) is 4.26. The molecular formula is C11H16O. The van der Waals surface area contributed by atoms with E-state index in [0.29, 0.717) is 0 Å². The monoisotopic (exact) mass is 164 g/mol. The third-order valence-corrected chi connectivity index (χ3v) is 1.21. The molecule has 1 aromatic carbocycles. The van der Waals surface area contributed by atoms with Crippen molar-refractivity contribution in [2.45, 2.75) is 27.2 Å². The van der Waals surface area contributed by atoms with Crippen molar-refractivity contribution in [1.82, 2.24) is 0 Å². The Bertz CT molecular complexity index is 211. The maximum absolute atomic E-state index is 10.1. The van der Waals surface area contributed by atoms with Gasteiger partial charge in [0.25, 0.3) is 0 Å². The van der Waals surface area contributed by atoms with Crippen LogP contribution in [-0.2, 0) is 0 Å². The molecule has 1 rings (SSSR count). The normalized spacial score (nSPS) is 8.25. The topological polar surface area (TPSA) is 17.1 Å². The van der Waals surface area contributed by atoms with Crippen molar-refractivity contribution in [2.75, 3.05) is 0 Å². The minimum atomic E-state index is 0.737. The van der Waals surface area contributed by atoms with Crippen molar-refractivity contribution in [3.8, 4) is 0 Å². The number of aldehydes is 1. The first-order chi connectivity index (χ1) is 5.74. The van der Waals surface area contributed by atoms with Gasteiger partial charge < -0.3 is 0 Å². The van der Waals surface area contributed by atoms with E-state index in [1.165, 1.54) is 12.0 Å². The average Bonchev–Trinajstić information content (AvgIpc) is 2.07. The van der Waals surface area contributed by atoms with Gasteiger partial charge in [-0.15, -0.1) is 0 Å². The molecule has 0 unspecified atom stereocenters. The van der Waals surface area contributed by atoms with Crippen LogP contribution in [0.3, 0.4) is 0 Å². The quantitative estimate of drug-likeness (QED) is 0.582. The number of carbonyl (C=O) groups excluding carboxylic acids is 1. The van der Waals surface area contributed by atoms with Crippen molar-refractivity contribution in [3.05, 3.63) is 35.4 Å². The zero-order valence-corrected chi connectivity index (χ0v) is 8.00. The Labute approximate surface area is 74.4 Å². The highest BCUT2D eigenvalue weighted by Gasteiger charge is 1.85. The summed E-state index contributed by atoms with van der Waals surface area (Å²) in [6.07, 6.45) is 2.10. The van der Waals surface area contributed by atoms with Gasteiger partial charge in [-0.2, -0.15) is 0 Å². The third kappa shape index (κ3) is 4.67. The fourth-order valence-corrected chi connectivity index (χ4v) is 0.645. The summed E-state index contributed by atoms with van der Waals surface area (Å²) >= 11 is 0. The molecule has 0 saturated carbocycles. The molecule has 0 aliphatic rings. The molecular weight excluding hydrogens is 148 g/mol. The number of hydrogen-bond donors (Lipinski definition) is 0. The molecule has 0 aromatic heterocycles. The van der Waals surface area contributed by atoms with Gasteiger partial charge in [0.05, 0.1) is 0 Å². The SMILES string of the molecule is CCC.Cc1ccc(C=O)cc1. The van der Waals surface area contributed by atoms with Gasteiger partial charge in [-0.3, -0.25) is 4.79 Å². The van der Waals surface area contributed by atoms with Crippen LogP contribution in [0.4, 0.5) is 0 Å². The van der Waals surface area contributed by atoms with E-state index in [2.05, 4.69) is 13.8 Å². The second-order valence-electron chi connectivity index (χ2n) is 2.74. The first-order valence-electron chi connectivity index (χ1n) is 4.26. The summed E-state index contributed by atoms with van der Waals surface area (Å²) in [5.74, 6) is 0. The molecule has 66 valence electrons. The smallest absolute Gasteiger partial charge is 0.150 e. The van der Waals surface area contributed by atoms with E-state index in [1.807, 2.05) is 31.2 Å². The van der Waals surface area contributed by atoms with E-state index in [9.17, 15) is 4.79 Å². The number of aryl methyl sites for hydroxylation is 1. The first kappa shape index (κ1) is 10.9. The van der Waals surface area contributed by atoms with E-state index in [0.717, 1.165) is 11.8 Å². The Kier molecular flexibility index (Phi) is 5.98. The minimum absolute atomic E-state index is 0.737. The van der Waals surface area contributed by atoms with Crippen molar-refractivity contribution in [1.29, 1.82) is 0 Å². The molecule has 0 spiro atoms. The molecule has 0 saturated heterocycles. The molecule has 0 aliphatic heterocycles. The summed E-state index contributed by atoms with van der Waals surface area (Å²) in [7, 11) is 0. The highest BCUT2D eigenvalue weighted by atomic mass is 16.1. The highest BCUT2D eigenvalue weighted by molar-refractivity contribution is 5.74. The number of hydrogen-bond acceptors (Lipinski definition) is 1. The predicted molar refractivity (Wildman–Crippen MR) is 52.5 cm³/mol. The van der Waals surface area contributed by atoms with Crippen LogP contribution < -0.4 is 0 Å². The van der Waals surface area contributed by atoms with Crippen LogP contribution in [0.1, 0.15) is 36.2 Å². The number of rotatable bonds is 1. The van der Waals surface area contributed by atoms with Crippen LogP contribution in [-0.4, -0.2) is 6.29 Å².